The molecular formula is C24H27ClF3N7. The quantitative estimate of drug-likeness (QED) is 0.488. The number of aromatic nitrogens is 4. The molecule has 35 heavy (non-hydrogen) atoms. The molecule has 4 rings (SSSR count). The van der Waals surface area contributed by atoms with Crippen molar-refractivity contribution >= 4 is 35.0 Å². The number of nitrogens with one attached hydrogen (secondary N) is 1. The van der Waals surface area contributed by atoms with Crippen LogP contribution < -0.4 is 15.1 Å². The zero-order valence-corrected chi connectivity index (χ0v) is 20.7. The smallest absolute Gasteiger partial charge is 0.352 e. The number of alkyl halides is 3. The molecule has 1 aromatic carbocycles. The number of halogens is 4. The van der Waals surface area contributed by atoms with Crippen LogP contribution in [0.25, 0.3) is 0 Å². The van der Waals surface area contributed by atoms with Gasteiger partial charge < -0.3 is 15.1 Å². The highest BCUT2D eigenvalue weighted by Gasteiger charge is 2.37. The maximum absolute atomic E-state index is 13.5. The van der Waals surface area contributed by atoms with Gasteiger partial charge in [0.05, 0.1) is 5.56 Å². The van der Waals surface area contributed by atoms with E-state index < -0.39 is 11.7 Å². The predicted octanol–water partition coefficient (Wildman–Crippen LogP) is 5.70. The summed E-state index contributed by atoms with van der Waals surface area (Å²) in [4.78, 5) is 20.5. The summed E-state index contributed by atoms with van der Waals surface area (Å²) in [7, 11) is 0. The number of hydrogen-bond acceptors (Lipinski definition) is 7. The molecule has 1 fully saturated rings. The summed E-state index contributed by atoms with van der Waals surface area (Å²) in [5, 5.41) is 3.19. The van der Waals surface area contributed by atoms with Gasteiger partial charge in [0.1, 0.15) is 5.82 Å². The molecule has 1 aliphatic rings. The molecule has 0 amide bonds. The Kier molecular flexibility index (Phi) is 6.77. The van der Waals surface area contributed by atoms with Crippen LogP contribution in [-0.4, -0.2) is 45.6 Å². The third-order valence-corrected chi connectivity index (χ3v) is 6.05. The molecule has 7 nitrogen and oxygen atoms in total. The summed E-state index contributed by atoms with van der Waals surface area (Å²) in [6.07, 6.45) is -3.10. The van der Waals surface area contributed by atoms with Crippen molar-refractivity contribution in [3.05, 3.63) is 59.0 Å². The first-order valence-electron chi connectivity index (χ1n) is 11.2. The molecule has 11 heteroatoms. The summed E-state index contributed by atoms with van der Waals surface area (Å²) >= 11 is 6.19. The fourth-order valence-corrected chi connectivity index (χ4v) is 4.18. The fourth-order valence-electron chi connectivity index (χ4n) is 4.02. The van der Waals surface area contributed by atoms with Crippen LogP contribution in [0, 0.1) is 0 Å². The molecule has 3 aromatic rings. The first-order chi connectivity index (χ1) is 16.4. The lowest BCUT2D eigenvalue weighted by Crippen LogP contribution is -2.53. The summed E-state index contributed by atoms with van der Waals surface area (Å²) in [5.74, 6) is 0.589. The van der Waals surface area contributed by atoms with Gasteiger partial charge in [-0.2, -0.15) is 28.1 Å². The van der Waals surface area contributed by atoms with E-state index in [1.807, 2.05) is 36.1 Å². The molecular weight excluding hydrogens is 479 g/mol. The highest BCUT2D eigenvalue weighted by atomic mass is 35.5. The minimum atomic E-state index is -4.47. The number of piperazine rings is 1. The maximum Gasteiger partial charge on any atom is 0.419 e. The molecule has 0 saturated carbocycles. The van der Waals surface area contributed by atoms with Crippen LogP contribution in [0.1, 0.15) is 38.8 Å². The standard InChI is InChI=1S/C24H27ClF3N7/c1-15-14-34(19-18(24(26,27)28)6-5-11-29-19)12-13-35(15)22-32-20(25)31-21(33-22)30-17-9-7-16(8-10-17)23(2,3)4/h5-11,15H,12-14H2,1-4H3,(H,30,31,32,33)/t15-/m1/s1. The van der Waals surface area contributed by atoms with Gasteiger partial charge in [-0.1, -0.05) is 32.9 Å². The lowest BCUT2D eigenvalue weighted by molar-refractivity contribution is -0.137. The fraction of sp³-hybridized carbons (Fsp3) is 0.417. The van der Waals surface area contributed by atoms with Gasteiger partial charge in [0.15, 0.2) is 0 Å². The van der Waals surface area contributed by atoms with Crippen molar-refractivity contribution in [2.24, 2.45) is 0 Å². The van der Waals surface area contributed by atoms with Crippen molar-refractivity contribution in [2.45, 2.75) is 45.3 Å². The number of hydrogen-bond donors (Lipinski definition) is 1. The summed E-state index contributed by atoms with van der Waals surface area (Å²) in [6.45, 7) is 9.38. The minimum Gasteiger partial charge on any atom is -0.352 e. The van der Waals surface area contributed by atoms with E-state index in [0.29, 0.717) is 31.5 Å². The van der Waals surface area contributed by atoms with Crippen molar-refractivity contribution in [3.8, 4) is 0 Å². The van der Waals surface area contributed by atoms with Gasteiger partial charge >= 0.3 is 6.18 Å². The number of pyridine rings is 1. The highest BCUT2D eigenvalue weighted by Crippen LogP contribution is 2.36. The average Bonchev–Trinajstić information content (AvgIpc) is 2.78. The van der Waals surface area contributed by atoms with Crippen molar-refractivity contribution < 1.29 is 13.2 Å². The molecule has 0 bridgehead atoms. The van der Waals surface area contributed by atoms with Crippen molar-refractivity contribution in [3.63, 3.8) is 0 Å². The third kappa shape index (κ3) is 5.75. The van der Waals surface area contributed by atoms with E-state index in [1.165, 1.54) is 17.8 Å². The van der Waals surface area contributed by atoms with E-state index in [9.17, 15) is 13.2 Å². The Hall–Kier alpha value is -3.14. The Balaban J connectivity index is 1.51. The Morgan fingerprint density at radius 2 is 1.71 bits per heavy atom. The Morgan fingerprint density at radius 3 is 2.34 bits per heavy atom. The normalized spacial score (nSPS) is 17.0. The Bertz CT molecular complexity index is 1180. The van der Waals surface area contributed by atoms with Gasteiger partial charge in [-0.15, -0.1) is 0 Å². The largest absolute Gasteiger partial charge is 0.419 e. The summed E-state index contributed by atoms with van der Waals surface area (Å²) < 4.78 is 40.4. The lowest BCUT2D eigenvalue weighted by Gasteiger charge is -2.41. The van der Waals surface area contributed by atoms with Crippen LogP contribution in [0.3, 0.4) is 0 Å². The van der Waals surface area contributed by atoms with E-state index in [1.54, 1.807) is 4.90 Å². The molecule has 0 spiro atoms. The first-order valence-corrected chi connectivity index (χ1v) is 11.6. The second kappa shape index (κ2) is 9.49. The number of nitrogens with zero attached hydrogens (tertiary/aromatic N) is 6. The summed E-state index contributed by atoms with van der Waals surface area (Å²) in [6, 6.07) is 10.1. The third-order valence-electron chi connectivity index (χ3n) is 5.88. The monoisotopic (exact) mass is 505 g/mol. The van der Waals surface area contributed by atoms with Gasteiger partial charge in [-0.3, -0.25) is 0 Å². The molecule has 0 unspecified atom stereocenters. The van der Waals surface area contributed by atoms with E-state index in [2.05, 4.69) is 46.0 Å². The second-order valence-electron chi connectivity index (χ2n) is 9.54. The van der Waals surface area contributed by atoms with Crippen LogP contribution in [0.5, 0.6) is 0 Å². The van der Waals surface area contributed by atoms with Gasteiger partial charge in [-0.05, 0) is 53.8 Å². The highest BCUT2D eigenvalue weighted by molar-refractivity contribution is 6.28. The lowest BCUT2D eigenvalue weighted by atomic mass is 9.87. The van der Waals surface area contributed by atoms with Crippen LogP contribution >= 0.6 is 11.6 Å². The average molecular weight is 506 g/mol. The van der Waals surface area contributed by atoms with Gasteiger partial charge in [-0.25, -0.2) is 4.98 Å². The van der Waals surface area contributed by atoms with E-state index in [4.69, 9.17) is 11.6 Å². The molecule has 1 N–H and O–H groups in total. The topological polar surface area (TPSA) is 70.1 Å². The van der Waals surface area contributed by atoms with E-state index in [-0.39, 0.29) is 22.6 Å². The number of benzene rings is 1. The molecule has 1 aliphatic heterocycles. The Labute approximate surface area is 207 Å². The molecule has 1 saturated heterocycles. The zero-order valence-electron chi connectivity index (χ0n) is 19.9. The van der Waals surface area contributed by atoms with Gasteiger partial charge in [0, 0.05) is 37.6 Å². The summed E-state index contributed by atoms with van der Waals surface area (Å²) in [5.41, 5.74) is 1.30. The van der Waals surface area contributed by atoms with Crippen molar-refractivity contribution in [1.82, 2.24) is 19.9 Å². The molecule has 0 radical (unpaired) electrons. The molecule has 186 valence electrons. The van der Waals surface area contributed by atoms with Crippen LogP contribution in [-0.2, 0) is 11.6 Å². The molecule has 2 aromatic heterocycles. The minimum absolute atomic E-state index is 0.0301. The second-order valence-corrected chi connectivity index (χ2v) is 9.88. The predicted molar refractivity (Wildman–Crippen MR) is 132 cm³/mol. The zero-order chi connectivity index (χ0) is 25.4. The van der Waals surface area contributed by atoms with Crippen LogP contribution in [0.15, 0.2) is 42.6 Å². The molecule has 1 atom stereocenters. The van der Waals surface area contributed by atoms with Gasteiger partial charge in [0.2, 0.25) is 17.2 Å². The van der Waals surface area contributed by atoms with Crippen LogP contribution in [0.2, 0.25) is 5.28 Å². The van der Waals surface area contributed by atoms with Gasteiger partial charge in [0.25, 0.3) is 0 Å². The number of anilines is 4. The first kappa shape index (κ1) is 25.0. The van der Waals surface area contributed by atoms with Crippen molar-refractivity contribution in [1.29, 1.82) is 0 Å². The SMILES string of the molecule is C[C@@H]1CN(c2ncccc2C(F)(F)F)CCN1c1nc(Cl)nc(Nc2ccc(C(C)(C)C)cc2)n1. The molecule has 3 heterocycles. The Morgan fingerprint density at radius 1 is 1.00 bits per heavy atom. The van der Waals surface area contributed by atoms with E-state index in [0.717, 1.165) is 11.8 Å². The molecule has 0 aliphatic carbocycles. The number of rotatable bonds is 4. The maximum atomic E-state index is 13.5. The van der Waals surface area contributed by atoms with E-state index >= 15 is 0 Å². The van der Waals surface area contributed by atoms with Crippen molar-refractivity contribution in [2.75, 3.05) is 34.8 Å². The van der Waals surface area contributed by atoms with Crippen LogP contribution in [0.4, 0.5) is 36.6 Å².